The molecular formula is C16H15F3N2O3S. The lowest BCUT2D eigenvalue weighted by Crippen LogP contribution is -2.42. The fourth-order valence-corrected chi connectivity index (χ4v) is 3.14. The Morgan fingerprint density at radius 2 is 1.64 bits per heavy atom. The molecular weight excluding hydrogens is 357 g/mol. The van der Waals surface area contributed by atoms with Gasteiger partial charge in [0.15, 0.2) is 0 Å². The van der Waals surface area contributed by atoms with E-state index in [1.807, 2.05) is 12.3 Å². The summed E-state index contributed by atoms with van der Waals surface area (Å²) in [6.07, 6.45) is -4.08. The van der Waals surface area contributed by atoms with Crippen LogP contribution in [0.4, 0.5) is 13.2 Å². The van der Waals surface area contributed by atoms with Gasteiger partial charge in [-0.3, -0.25) is 10.2 Å². The molecule has 0 heterocycles. The van der Waals surface area contributed by atoms with Gasteiger partial charge in [0.2, 0.25) is 0 Å². The molecule has 0 unspecified atom stereocenters. The van der Waals surface area contributed by atoms with Gasteiger partial charge in [0.1, 0.15) is 0 Å². The molecule has 0 aliphatic rings. The quantitative estimate of drug-likeness (QED) is 0.793. The molecule has 1 amide bonds. The summed E-state index contributed by atoms with van der Waals surface area (Å²) in [5, 5.41) is 0. The van der Waals surface area contributed by atoms with Gasteiger partial charge in [0.25, 0.3) is 15.9 Å². The summed E-state index contributed by atoms with van der Waals surface area (Å²) >= 11 is 0. The highest BCUT2D eigenvalue weighted by atomic mass is 32.2. The maximum absolute atomic E-state index is 12.9. The van der Waals surface area contributed by atoms with Crippen molar-refractivity contribution in [3.8, 4) is 0 Å². The van der Waals surface area contributed by atoms with Crippen LogP contribution in [0.15, 0.2) is 53.4 Å². The number of hydrogen-bond acceptors (Lipinski definition) is 3. The zero-order chi connectivity index (χ0) is 18.7. The number of carbonyl (C=O) groups excluding carboxylic acids is 1. The number of sulfonamides is 1. The number of aryl methyl sites for hydroxylation is 1. The Morgan fingerprint density at radius 1 is 1.04 bits per heavy atom. The number of amides is 1. The van der Waals surface area contributed by atoms with Crippen molar-refractivity contribution < 1.29 is 26.4 Å². The van der Waals surface area contributed by atoms with E-state index in [1.54, 1.807) is 17.0 Å². The predicted molar refractivity (Wildman–Crippen MR) is 85.1 cm³/mol. The molecule has 0 bridgehead atoms. The molecule has 0 radical (unpaired) electrons. The number of hydrazine groups is 1. The van der Waals surface area contributed by atoms with Crippen LogP contribution in [-0.2, 0) is 22.6 Å². The van der Waals surface area contributed by atoms with E-state index >= 15 is 0 Å². The molecule has 0 fully saturated rings. The van der Waals surface area contributed by atoms with Crippen LogP contribution in [0, 0.1) is 0 Å². The number of halogens is 3. The Hall–Kier alpha value is -2.39. The minimum Gasteiger partial charge on any atom is -0.273 e. The van der Waals surface area contributed by atoms with E-state index in [9.17, 15) is 26.4 Å². The fourth-order valence-electron chi connectivity index (χ4n) is 2.07. The number of benzene rings is 2. The third kappa shape index (κ3) is 4.58. The smallest absolute Gasteiger partial charge is 0.273 e. The van der Waals surface area contributed by atoms with Crippen molar-refractivity contribution in [3.63, 3.8) is 0 Å². The van der Waals surface area contributed by atoms with E-state index in [1.165, 1.54) is 12.1 Å². The zero-order valence-electron chi connectivity index (χ0n) is 13.1. The average molecular weight is 372 g/mol. The number of alkyl halides is 3. The molecule has 0 aliphatic heterocycles. The molecule has 2 rings (SSSR count). The third-order valence-electron chi connectivity index (χ3n) is 3.41. The van der Waals surface area contributed by atoms with Crippen LogP contribution >= 0.6 is 0 Å². The predicted octanol–water partition coefficient (Wildman–Crippen LogP) is 2.89. The maximum Gasteiger partial charge on any atom is 0.417 e. The lowest BCUT2D eigenvalue weighted by molar-refractivity contribution is -0.139. The molecule has 5 nitrogen and oxygen atoms in total. The second-order valence-corrected chi connectivity index (χ2v) is 6.75. The minimum absolute atomic E-state index is 0.170. The van der Waals surface area contributed by atoms with Crippen molar-refractivity contribution >= 4 is 15.9 Å². The SMILES string of the molecule is CCc1ccc(C(=O)NNS(=O)(=O)c2ccccc2C(F)(F)F)cc1. The molecule has 2 N–H and O–H groups in total. The number of rotatable bonds is 5. The molecule has 0 saturated heterocycles. The standard InChI is InChI=1S/C16H15F3N2O3S/c1-2-11-7-9-12(10-8-11)15(22)20-21-25(23,24)14-6-4-3-5-13(14)16(17,18)19/h3-10,21H,2H2,1H3,(H,20,22). The van der Waals surface area contributed by atoms with E-state index < -0.39 is 32.6 Å². The molecule has 0 atom stereocenters. The van der Waals surface area contributed by atoms with Gasteiger partial charge in [0.05, 0.1) is 10.5 Å². The summed E-state index contributed by atoms with van der Waals surface area (Å²) in [5.41, 5.74) is 1.75. The summed E-state index contributed by atoms with van der Waals surface area (Å²) in [4.78, 5) is 12.7. The third-order valence-corrected chi connectivity index (χ3v) is 4.71. The van der Waals surface area contributed by atoms with Crippen molar-refractivity contribution in [3.05, 3.63) is 65.2 Å². The maximum atomic E-state index is 12.9. The van der Waals surface area contributed by atoms with Gasteiger partial charge in [-0.15, -0.1) is 4.83 Å². The van der Waals surface area contributed by atoms with Crippen molar-refractivity contribution in [2.24, 2.45) is 0 Å². The first-order chi connectivity index (χ1) is 11.6. The molecule has 0 spiro atoms. The van der Waals surface area contributed by atoms with Crippen LogP contribution in [0.5, 0.6) is 0 Å². The van der Waals surface area contributed by atoms with Crippen LogP contribution in [0.3, 0.4) is 0 Å². The summed E-state index contributed by atoms with van der Waals surface area (Å²) in [6.45, 7) is 1.93. The van der Waals surface area contributed by atoms with E-state index in [4.69, 9.17) is 0 Å². The molecule has 9 heteroatoms. The highest BCUT2D eigenvalue weighted by Crippen LogP contribution is 2.33. The number of carbonyl (C=O) groups is 1. The van der Waals surface area contributed by atoms with E-state index in [0.29, 0.717) is 6.07 Å². The van der Waals surface area contributed by atoms with Gasteiger partial charge in [-0.05, 0) is 36.2 Å². The summed E-state index contributed by atoms with van der Waals surface area (Å²) < 4.78 is 63.0. The Morgan fingerprint density at radius 3 is 2.20 bits per heavy atom. The number of nitrogens with one attached hydrogen (secondary N) is 2. The monoisotopic (exact) mass is 372 g/mol. The van der Waals surface area contributed by atoms with Gasteiger partial charge in [-0.2, -0.15) is 13.2 Å². The fraction of sp³-hybridized carbons (Fsp3) is 0.188. The van der Waals surface area contributed by atoms with E-state index in [0.717, 1.165) is 30.2 Å². The van der Waals surface area contributed by atoms with Crippen molar-refractivity contribution in [1.82, 2.24) is 10.3 Å². The van der Waals surface area contributed by atoms with Gasteiger partial charge >= 0.3 is 6.18 Å². The van der Waals surface area contributed by atoms with Crippen LogP contribution in [0.1, 0.15) is 28.4 Å². The van der Waals surface area contributed by atoms with Gasteiger partial charge in [-0.1, -0.05) is 31.2 Å². The van der Waals surface area contributed by atoms with E-state index in [2.05, 4.69) is 0 Å². The van der Waals surface area contributed by atoms with Gasteiger partial charge in [-0.25, -0.2) is 8.42 Å². The summed E-state index contributed by atoms with van der Waals surface area (Å²) in [7, 11) is -4.59. The van der Waals surface area contributed by atoms with Crippen molar-refractivity contribution in [1.29, 1.82) is 0 Å². The average Bonchev–Trinajstić information content (AvgIpc) is 2.59. The first-order valence-corrected chi connectivity index (χ1v) is 8.71. The topological polar surface area (TPSA) is 75.3 Å². The van der Waals surface area contributed by atoms with Gasteiger partial charge in [0, 0.05) is 5.56 Å². The van der Waals surface area contributed by atoms with Crippen molar-refractivity contribution in [2.45, 2.75) is 24.4 Å². The van der Waals surface area contributed by atoms with Gasteiger partial charge < -0.3 is 0 Å². The normalized spacial score (nSPS) is 12.0. The Kier molecular flexibility index (Phi) is 5.48. The molecule has 2 aromatic rings. The summed E-state index contributed by atoms with van der Waals surface area (Å²) in [5.74, 6) is -0.782. The second kappa shape index (κ2) is 7.24. The molecule has 0 aliphatic carbocycles. The molecule has 0 saturated carbocycles. The second-order valence-electron chi connectivity index (χ2n) is 5.10. The molecule has 25 heavy (non-hydrogen) atoms. The lowest BCUT2D eigenvalue weighted by atomic mass is 10.1. The molecule has 2 aromatic carbocycles. The Balaban J connectivity index is 2.18. The Bertz CT molecular complexity index is 863. The van der Waals surface area contributed by atoms with Crippen LogP contribution < -0.4 is 10.3 Å². The highest BCUT2D eigenvalue weighted by Gasteiger charge is 2.36. The zero-order valence-corrected chi connectivity index (χ0v) is 13.9. The largest absolute Gasteiger partial charge is 0.417 e. The minimum atomic E-state index is -4.84. The molecule has 134 valence electrons. The molecule has 0 aromatic heterocycles. The summed E-state index contributed by atoms with van der Waals surface area (Å²) in [6, 6.07) is 10.1. The Labute approximate surface area is 142 Å². The van der Waals surface area contributed by atoms with E-state index in [-0.39, 0.29) is 5.56 Å². The van der Waals surface area contributed by atoms with Crippen LogP contribution in [-0.4, -0.2) is 14.3 Å². The first-order valence-electron chi connectivity index (χ1n) is 7.22. The van der Waals surface area contributed by atoms with Crippen molar-refractivity contribution in [2.75, 3.05) is 0 Å². The number of hydrogen-bond donors (Lipinski definition) is 2. The van der Waals surface area contributed by atoms with Crippen LogP contribution in [0.25, 0.3) is 0 Å². The lowest BCUT2D eigenvalue weighted by Gasteiger charge is -2.14. The van der Waals surface area contributed by atoms with Crippen LogP contribution in [0.2, 0.25) is 0 Å². The highest BCUT2D eigenvalue weighted by molar-refractivity contribution is 7.89. The first kappa shape index (κ1) is 18.9.